The molecule has 7 heteroatoms. The Hall–Kier alpha value is -2.83. The van der Waals surface area contributed by atoms with E-state index in [-0.39, 0.29) is 24.3 Å². The van der Waals surface area contributed by atoms with Gasteiger partial charge in [-0.05, 0) is 55.9 Å². The average Bonchev–Trinajstić information content (AvgIpc) is 3.45. The highest BCUT2D eigenvalue weighted by Crippen LogP contribution is 2.35. The van der Waals surface area contributed by atoms with Crippen LogP contribution in [0, 0.1) is 5.92 Å². The number of benzene rings is 1. The van der Waals surface area contributed by atoms with Crippen LogP contribution < -0.4 is 15.0 Å². The molecule has 1 amide bonds. The van der Waals surface area contributed by atoms with E-state index in [9.17, 15) is 9.59 Å². The molecule has 2 aromatic rings. The fraction of sp³-hybridized carbons (Fsp3) is 0.542. The third-order valence-electron chi connectivity index (χ3n) is 6.80. The number of hydrogen-bond donors (Lipinski definition) is 0. The molecule has 2 fully saturated rings. The van der Waals surface area contributed by atoms with Crippen molar-refractivity contribution in [3.8, 4) is 22.8 Å². The Bertz CT molecular complexity index is 1010. The molecule has 1 aromatic carbocycles. The summed E-state index contributed by atoms with van der Waals surface area (Å²) in [6.45, 7) is 1.44. The lowest BCUT2D eigenvalue weighted by Gasteiger charge is -2.28. The van der Waals surface area contributed by atoms with Crippen LogP contribution >= 0.6 is 0 Å². The molecule has 7 nitrogen and oxygen atoms in total. The van der Waals surface area contributed by atoms with Gasteiger partial charge in [-0.15, -0.1) is 0 Å². The van der Waals surface area contributed by atoms with Crippen LogP contribution in [-0.2, 0) is 11.3 Å². The molecule has 0 N–H and O–H groups in total. The van der Waals surface area contributed by atoms with E-state index in [1.807, 2.05) is 23.1 Å². The minimum Gasteiger partial charge on any atom is -0.454 e. The van der Waals surface area contributed by atoms with E-state index in [2.05, 4.69) is 5.10 Å². The van der Waals surface area contributed by atoms with Crippen molar-refractivity contribution < 1.29 is 14.3 Å². The topological polar surface area (TPSA) is 73.7 Å². The third-order valence-corrected chi connectivity index (χ3v) is 6.80. The molecule has 1 aliphatic carbocycles. The minimum atomic E-state index is -0.143. The number of amides is 1. The van der Waals surface area contributed by atoms with Crippen molar-refractivity contribution in [1.29, 1.82) is 0 Å². The summed E-state index contributed by atoms with van der Waals surface area (Å²) in [5, 5.41) is 4.61. The Balaban J connectivity index is 1.31. The van der Waals surface area contributed by atoms with Gasteiger partial charge in [-0.1, -0.05) is 19.3 Å². The van der Waals surface area contributed by atoms with Gasteiger partial charge in [0.25, 0.3) is 5.56 Å². The molecule has 1 saturated heterocycles. The third kappa shape index (κ3) is 4.31. The van der Waals surface area contributed by atoms with E-state index in [1.54, 1.807) is 12.1 Å². The van der Waals surface area contributed by atoms with E-state index in [4.69, 9.17) is 9.47 Å². The van der Waals surface area contributed by atoms with Crippen molar-refractivity contribution in [3.63, 3.8) is 0 Å². The van der Waals surface area contributed by atoms with Crippen LogP contribution in [0.3, 0.4) is 0 Å². The van der Waals surface area contributed by atoms with Crippen molar-refractivity contribution in [2.24, 2.45) is 5.92 Å². The highest BCUT2D eigenvalue weighted by molar-refractivity contribution is 5.77. The van der Waals surface area contributed by atoms with Gasteiger partial charge in [-0.3, -0.25) is 9.59 Å². The fourth-order valence-electron chi connectivity index (χ4n) is 5.10. The van der Waals surface area contributed by atoms with Crippen molar-refractivity contribution >= 4 is 5.91 Å². The molecule has 1 saturated carbocycles. The summed E-state index contributed by atoms with van der Waals surface area (Å²) < 4.78 is 12.3. The van der Waals surface area contributed by atoms with Crippen LogP contribution in [0.2, 0.25) is 0 Å². The number of fused-ring (bicyclic) bond motifs is 1. The second kappa shape index (κ2) is 8.73. The Morgan fingerprint density at radius 3 is 2.71 bits per heavy atom. The lowest BCUT2D eigenvalue weighted by atomic mass is 9.86. The number of hydrogen-bond acceptors (Lipinski definition) is 5. The maximum Gasteiger partial charge on any atom is 0.266 e. The number of carbonyl (C=O) groups is 1. The Morgan fingerprint density at radius 2 is 1.84 bits per heavy atom. The van der Waals surface area contributed by atoms with Crippen LogP contribution in [-0.4, -0.2) is 40.0 Å². The number of ether oxygens (including phenoxy) is 2. The zero-order valence-corrected chi connectivity index (χ0v) is 17.8. The molecule has 5 rings (SSSR count). The van der Waals surface area contributed by atoms with E-state index in [0.717, 1.165) is 30.7 Å². The van der Waals surface area contributed by atoms with E-state index < -0.39 is 0 Å². The van der Waals surface area contributed by atoms with Gasteiger partial charge >= 0.3 is 0 Å². The summed E-state index contributed by atoms with van der Waals surface area (Å²) in [6, 6.07) is 8.98. The molecule has 1 aromatic heterocycles. The van der Waals surface area contributed by atoms with Crippen molar-refractivity contribution in [2.45, 2.75) is 64.0 Å². The lowest BCUT2D eigenvalue weighted by molar-refractivity contribution is -0.133. The van der Waals surface area contributed by atoms with Gasteiger partial charge in [-0.2, -0.15) is 5.10 Å². The summed E-state index contributed by atoms with van der Waals surface area (Å²) in [7, 11) is 0. The first-order chi connectivity index (χ1) is 15.2. The molecule has 1 atom stereocenters. The number of aromatic nitrogens is 2. The monoisotopic (exact) mass is 423 g/mol. The minimum absolute atomic E-state index is 0.0355. The molecule has 3 heterocycles. The van der Waals surface area contributed by atoms with E-state index in [0.29, 0.717) is 30.3 Å². The number of likely N-dealkylation sites (tertiary alicyclic amines) is 1. The normalized spacial score (nSPS) is 20.9. The Kier molecular flexibility index (Phi) is 5.66. The maximum absolute atomic E-state index is 13.0. The SMILES string of the molecule is O=C(CC1CCCCC1)N1CCC[C@@H]1Cn1nc(-c2ccc3c(c2)OCO3)ccc1=O. The molecular formula is C24H29N3O4. The zero-order chi connectivity index (χ0) is 21.2. The molecule has 164 valence electrons. The maximum atomic E-state index is 13.0. The predicted octanol–water partition coefficient (Wildman–Crippen LogP) is 3.60. The summed E-state index contributed by atoms with van der Waals surface area (Å²) in [5.41, 5.74) is 1.43. The molecular weight excluding hydrogens is 394 g/mol. The fourth-order valence-corrected chi connectivity index (χ4v) is 5.10. The van der Waals surface area contributed by atoms with Gasteiger partial charge in [0.1, 0.15) is 0 Å². The highest BCUT2D eigenvalue weighted by Gasteiger charge is 2.31. The van der Waals surface area contributed by atoms with Crippen molar-refractivity contribution in [2.75, 3.05) is 13.3 Å². The largest absolute Gasteiger partial charge is 0.454 e. The first-order valence-electron chi connectivity index (χ1n) is 11.4. The molecule has 0 unspecified atom stereocenters. The number of carbonyl (C=O) groups excluding carboxylic acids is 1. The van der Waals surface area contributed by atoms with Crippen LogP contribution in [0.4, 0.5) is 0 Å². The molecule has 2 aliphatic heterocycles. The molecule has 3 aliphatic rings. The van der Waals surface area contributed by atoms with Crippen molar-refractivity contribution in [3.05, 3.63) is 40.7 Å². The first kappa shape index (κ1) is 20.1. The standard InChI is InChI=1S/C24H29N3O4/c28-23-11-9-20(18-8-10-21-22(14-18)31-16-30-21)25-27(23)15-19-7-4-12-26(19)24(29)13-17-5-2-1-3-6-17/h8-11,14,17,19H,1-7,12-13,15-16H2/t19-/m1/s1. The summed E-state index contributed by atoms with van der Waals surface area (Å²) in [5.74, 6) is 2.18. The molecule has 0 radical (unpaired) electrons. The first-order valence-corrected chi connectivity index (χ1v) is 11.4. The van der Waals surface area contributed by atoms with Gasteiger partial charge < -0.3 is 14.4 Å². The summed E-state index contributed by atoms with van der Waals surface area (Å²) in [6.07, 6.45) is 8.67. The van der Waals surface area contributed by atoms with Gasteiger partial charge in [0, 0.05) is 24.6 Å². The van der Waals surface area contributed by atoms with E-state index >= 15 is 0 Å². The van der Waals surface area contributed by atoms with Gasteiger partial charge in [0.2, 0.25) is 12.7 Å². The lowest BCUT2D eigenvalue weighted by Crippen LogP contribution is -2.41. The zero-order valence-electron chi connectivity index (χ0n) is 17.8. The molecule has 0 bridgehead atoms. The highest BCUT2D eigenvalue weighted by atomic mass is 16.7. The van der Waals surface area contributed by atoms with Crippen LogP contribution in [0.1, 0.15) is 51.4 Å². The van der Waals surface area contributed by atoms with E-state index in [1.165, 1.54) is 36.8 Å². The van der Waals surface area contributed by atoms with Crippen molar-refractivity contribution in [1.82, 2.24) is 14.7 Å². The summed E-state index contributed by atoms with van der Waals surface area (Å²) in [4.78, 5) is 27.5. The second-order valence-corrected chi connectivity index (χ2v) is 8.90. The predicted molar refractivity (Wildman–Crippen MR) is 116 cm³/mol. The quantitative estimate of drug-likeness (QED) is 0.735. The average molecular weight is 424 g/mol. The van der Waals surface area contributed by atoms with Gasteiger partial charge in [-0.25, -0.2) is 4.68 Å². The van der Waals surface area contributed by atoms with Gasteiger partial charge in [0.05, 0.1) is 18.3 Å². The number of rotatable bonds is 5. The van der Waals surface area contributed by atoms with Crippen LogP contribution in [0.15, 0.2) is 35.1 Å². The Labute approximate surface area is 182 Å². The molecule has 31 heavy (non-hydrogen) atoms. The van der Waals surface area contributed by atoms with Crippen LogP contribution in [0.25, 0.3) is 11.3 Å². The van der Waals surface area contributed by atoms with Gasteiger partial charge in [0.15, 0.2) is 11.5 Å². The molecule has 0 spiro atoms. The number of nitrogens with zero attached hydrogens (tertiary/aromatic N) is 3. The second-order valence-electron chi connectivity index (χ2n) is 8.90. The van der Waals surface area contributed by atoms with Crippen LogP contribution in [0.5, 0.6) is 11.5 Å². The smallest absolute Gasteiger partial charge is 0.266 e. The Morgan fingerprint density at radius 1 is 1.00 bits per heavy atom. The summed E-state index contributed by atoms with van der Waals surface area (Å²) >= 11 is 0.